The van der Waals surface area contributed by atoms with Gasteiger partial charge in [-0.1, -0.05) is 6.92 Å². The van der Waals surface area contributed by atoms with Crippen LogP contribution in [0.15, 0.2) is 18.3 Å². The highest BCUT2D eigenvalue weighted by molar-refractivity contribution is 5.09. The van der Waals surface area contributed by atoms with Gasteiger partial charge in [-0.3, -0.25) is 14.8 Å². The van der Waals surface area contributed by atoms with Crippen molar-refractivity contribution >= 4 is 0 Å². The lowest BCUT2D eigenvalue weighted by Gasteiger charge is -2.46. The zero-order valence-electron chi connectivity index (χ0n) is 13.4. The molecule has 21 heavy (non-hydrogen) atoms. The topological polar surface area (TPSA) is 39.6 Å². The maximum atomic E-state index is 12.9. The van der Waals surface area contributed by atoms with Crippen molar-refractivity contribution in [3.8, 4) is 0 Å². The van der Waals surface area contributed by atoms with Crippen LogP contribution < -0.4 is 0 Å². The second-order valence-electron chi connectivity index (χ2n) is 6.79. The molecule has 4 nitrogen and oxygen atoms in total. The number of hydrogen-bond donors (Lipinski definition) is 1. The van der Waals surface area contributed by atoms with Gasteiger partial charge in [0.25, 0.3) is 0 Å². The molecule has 0 bridgehead atoms. The maximum absolute atomic E-state index is 12.9. The molecule has 2 rings (SSSR count). The van der Waals surface area contributed by atoms with Gasteiger partial charge in [0.2, 0.25) is 0 Å². The molecule has 0 aromatic carbocycles. The van der Waals surface area contributed by atoms with E-state index in [1.807, 2.05) is 6.92 Å². The summed E-state index contributed by atoms with van der Waals surface area (Å²) in [5.74, 6) is -0.318. The lowest BCUT2D eigenvalue weighted by molar-refractivity contribution is 0.0143. The van der Waals surface area contributed by atoms with Crippen LogP contribution in [0, 0.1) is 11.7 Å². The third-order valence-electron chi connectivity index (χ3n) is 4.53. The van der Waals surface area contributed by atoms with Gasteiger partial charge in [-0.05, 0) is 33.0 Å². The van der Waals surface area contributed by atoms with Gasteiger partial charge in [-0.15, -0.1) is 0 Å². The molecule has 1 aliphatic heterocycles. The molecule has 0 radical (unpaired) electrons. The predicted molar refractivity (Wildman–Crippen MR) is 81.5 cm³/mol. The number of halogens is 1. The molecule has 0 amide bonds. The van der Waals surface area contributed by atoms with Gasteiger partial charge in [-0.25, -0.2) is 4.39 Å². The summed E-state index contributed by atoms with van der Waals surface area (Å²) in [6.45, 7) is 10.3. The Morgan fingerprint density at radius 1 is 1.38 bits per heavy atom. The zero-order chi connectivity index (χ0) is 15.6. The number of rotatable bonds is 4. The number of likely N-dealkylation sites (N-methyl/N-ethyl adjacent to an activating group) is 1. The van der Waals surface area contributed by atoms with E-state index in [9.17, 15) is 9.50 Å². The zero-order valence-corrected chi connectivity index (χ0v) is 13.4. The Hall–Kier alpha value is -1.04. The summed E-state index contributed by atoms with van der Waals surface area (Å²) in [5, 5.41) is 10.4. The quantitative estimate of drug-likeness (QED) is 0.921. The summed E-state index contributed by atoms with van der Waals surface area (Å²) in [5.41, 5.74) is 0.689. The van der Waals surface area contributed by atoms with Gasteiger partial charge >= 0.3 is 0 Å². The average molecular weight is 295 g/mol. The van der Waals surface area contributed by atoms with Crippen LogP contribution in [0.2, 0.25) is 0 Å². The first-order chi connectivity index (χ1) is 9.79. The van der Waals surface area contributed by atoms with E-state index in [1.165, 1.54) is 6.07 Å². The van der Waals surface area contributed by atoms with Gasteiger partial charge in [0.05, 0.1) is 18.0 Å². The van der Waals surface area contributed by atoms with Crippen molar-refractivity contribution in [3.05, 3.63) is 29.8 Å². The third kappa shape index (κ3) is 3.99. The van der Waals surface area contributed by atoms with E-state index in [1.54, 1.807) is 6.07 Å². The van der Waals surface area contributed by atoms with Crippen molar-refractivity contribution in [2.45, 2.75) is 32.4 Å². The molecule has 118 valence electrons. The molecule has 1 fully saturated rings. The molecule has 2 unspecified atom stereocenters. The summed E-state index contributed by atoms with van der Waals surface area (Å²) in [7, 11) is 2.15. The molecule has 1 aromatic rings. The van der Waals surface area contributed by atoms with E-state index in [0.29, 0.717) is 5.69 Å². The molecule has 1 aromatic heterocycles. The van der Waals surface area contributed by atoms with Crippen molar-refractivity contribution < 1.29 is 9.50 Å². The molecule has 2 atom stereocenters. The van der Waals surface area contributed by atoms with E-state index in [2.05, 4.69) is 35.7 Å². The Morgan fingerprint density at radius 2 is 2.10 bits per heavy atom. The fraction of sp³-hybridized carbons (Fsp3) is 0.688. The van der Waals surface area contributed by atoms with Crippen molar-refractivity contribution in [1.82, 2.24) is 14.8 Å². The Balaban J connectivity index is 1.95. The Kier molecular flexibility index (Phi) is 4.96. The first-order valence-corrected chi connectivity index (χ1v) is 7.53. The summed E-state index contributed by atoms with van der Waals surface area (Å²) >= 11 is 0. The van der Waals surface area contributed by atoms with Crippen LogP contribution >= 0.6 is 0 Å². The Morgan fingerprint density at radius 3 is 2.67 bits per heavy atom. The minimum absolute atomic E-state index is 0.0576. The minimum atomic E-state index is -0.659. The van der Waals surface area contributed by atoms with Crippen LogP contribution in [0.3, 0.4) is 0 Å². The van der Waals surface area contributed by atoms with Gasteiger partial charge in [0.1, 0.15) is 5.82 Å². The van der Waals surface area contributed by atoms with Crippen LogP contribution in [-0.2, 0) is 0 Å². The van der Waals surface area contributed by atoms with Crippen LogP contribution in [0.5, 0.6) is 0 Å². The van der Waals surface area contributed by atoms with Gasteiger partial charge < -0.3 is 5.11 Å². The molecular formula is C16H26FN3O. The lowest BCUT2D eigenvalue weighted by Crippen LogP contribution is -2.58. The monoisotopic (exact) mass is 295 g/mol. The highest BCUT2D eigenvalue weighted by Gasteiger charge is 2.32. The fourth-order valence-electron chi connectivity index (χ4n) is 2.86. The lowest BCUT2D eigenvalue weighted by atomic mass is 9.96. The summed E-state index contributed by atoms with van der Waals surface area (Å²) in [6, 6.07) is 2.90. The Bertz CT molecular complexity index is 463. The van der Waals surface area contributed by atoms with E-state index in [-0.39, 0.29) is 17.3 Å². The Labute approximate surface area is 126 Å². The molecule has 5 heteroatoms. The smallest absolute Gasteiger partial charge is 0.141 e. The maximum Gasteiger partial charge on any atom is 0.141 e. The van der Waals surface area contributed by atoms with Crippen LogP contribution in [-0.4, -0.2) is 58.7 Å². The second-order valence-corrected chi connectivity index (χ2v) is 6.79. The SMILES string of the molecule is CC(CN1CCN(C)C(C)(C)C1)C(O)c1ccc(F)cn1. The first-order valence-electron chi connectivity index (χ1n) is 7.53. The summed E-state index contributed by atoms with van der Waals surface area (Å²) < 4.78 is 12.9. The molecule has 0 aliphatic carbocycles. The number of aromatic nitrogens is 1. The number of aliphatic hydroxyl groups excluding tert-OH is 1. The van der Waals surface area contributed by atoms with E-state index >= 15 is 0 Å². The second kappa shape index (κ2) is 6.38. The standard InChI is InChI=1S/C16H26FN3O/c1-12(15(21)14-6-5-13(17)9-18-14)10-20-8-7-19(4)16(2,3)11-20/h5-6,9,12,15,21H,7-8,10-11H2,1-4H3. The highest BCUT2D eigenvalue weighted by atomic mass is 19.1. The summed E-state index contributed by atoms with van der Waals surface area (Å²) in [4.78, 5) is 8.73. The number of pyridine rings is 1. The van der Waals surface area contributed by atoms with Gasteiger partial charge in [-0.2, -0.15) is 0 Å². The molecular weight excluding hydrogens is 269 g/mol. The fourth-order valence-corrected chi connectivity index (χ4v) is 2.86. The van der Waals surface area contributed by atoms with E-state index in [4.69, 9.17) is 0 Å². The van der Waals surface area contributed by atoms with Gasteiger partial charge in [0, 0.05) is 37.6 Å². The molecule has 1 N–H and O–H groups in total. The third-order valence-corrected chi connectivity index (χ3v) is 4.53. The van der Waals surface area contributed by atoms with Crippen molar-refractivity contribution in [3.63, 3.8) is 0 Å². The van der Waals surface area contributed by atoms with Crippen LogP contribution in [0.1, 0.15) is 32.6 Å². The molecule has 0 saturated carbocycles. The number of hydrogen-bond acceptors (Lipinski definition) is 4. The van der Waals surface area contributed by atoms with Crippen molar-refractivity contribution in [2.24, 2.45) is 5.92 Å². The largest absolute Gasteiger partial charge is 0.386 e. The average Bonchev–Trinajstić information content (AvgIpc) is 2.42. The van der Waals surface area contributed by atoms with Gasteiger partial charge in [0.15, 0.2) is 0 Å². The minimum Gasteiger partial charge on any atom is -0.386 e. The first kappa shape index (κ1) is 16.3. The number of aliphatic hydroxyl groups is 1. The van der Waals surface area contributed by atoms with Crippen LogP contribution in [0.4, 0.5) is 4.39 Å². The van der Waals surface area contributed by atoms with Crippen molar-refractivity contribution in [1.29, 1.82) is 0 Å². The highest BCUT2D eigenvalue weighted by Crippen LogP contribution is 2.24. The summed E-state index contributed by atoms with van der Waals surface area (Å²) in [6.07, 6.45) is 0.498. The van der Waals surface area contributed by atoms with E-state index in [0.717, 1.165) is 32.4 Å². The van der Waals surface area contributed by atoms with Crippen molar-refractivity contribution in [2.75, 3.05) is 33.2 Å². The van der Waals surface area contributed by atoms with Crippen LogP contribution in [0.25, 0.3) is 0 Å². The molecule has 1 saturated heterocycles. The molecule has 0 spiro atoms. The number of nitrogens with zero attached hydrogens (tertiary/aromatic N) is 3. The molecule has 1 aliphatic rings. The molecule has 2 heterocycles. The number of piperazine rings is 1. The normalized spacial score (nSPS) is 23.0. The predicted octanol–water partition coefficient (Wildman–Crippen LogP) is 1.92. The van der Waals surface area contributed by atoms with E-state index < -0.39 is 6.10 Å².